The van der Waals surface area contributed by atoms with Crippen molar-refractivity contribution in [3.05, 3.63) is 47.0 Å². The van der Waals surface area contributed by atoms with Crippen LogP contribution >= 0.6 is 0 Å². The molecule has 0 unspecified atom stereocenters. The average Bonchev–Trinajstić information content (AvgIpc) is 2.85. The van der Waals surface area contributed by atoms with Crippen molar-refractivity contribution in [2.75, 3.05) is 41.6 Å². The van der Waals surface area contributed by atoms with Gasteiger partial charge in [0.1, 0.15) is 29.1 Å². The summed E-state index contributed by atoms with van der Waals surface area (Å²) in [6.45, 7) is 1.48. The predicted octanol–water partition coefficient (Wildman–Crippen LogP) is 3.00. The van der Waals surface area contributed by atoms with Crippen molar-refractivity contribution in [2.24, 2.45) is 11.8 Å². The number of nitrogens with one attached hydrogen (secondary N) is 1. The molecule has 0 saturated carbocycles. The fraction of sp³-hybridized carbons (Fsp3) is 0.538. The highest BCUT2D eigenvalue weighted by Gasteiger charge is 2.47. The topological polar surface area (TPSA) is 98.6 Å². The number of aliphatic hydroxyl groups excluding tert-OH is 2. The average molecular weight is 474 g/mol. The van der Waals surface area contributed by atoms with Crippen molar-refractivity contribution in [3.8, 4) is 23.0 Å². The van der Waals surface area contributed by atoms with Crippen LogP contribution in [0.5, 0.6) is 23.0 Å². The first-order valence-electron chi connectivity index (χ1n) is 11.7. The summed E-state index contributed by atoms with van der Waals surface area (Å²) in [5.74, 6) is 1.84. The zero-order valence-electron chi connectivity index (χ0n) is 20.2. The van der Waals surface area contributed by atoms with Crippen LogP contribution in [-0.2, 0) is 11.3 Å². The summed E-state index contributed by atoms with van der Waals surface area (Å²) in [5.41, 5.74) is 2.27. The molecular weight excluding hydrogens is 438 g/mol. The summed E-state index contributed by atoms with van der Waals surface area (Å²) >= 11 is 0. The Morgan fingerprint density at radius 2 is 1.79 bits per heavy atom. The maximum absolute atomic E-state index is 11.6. The Morgan fingerprint density at radius 3 is 2.50 bits per heavy atom. The molecule has 2 heterocycles. The summed E-state index contributed by atoms with van der Waals surface area (Å²) in [5, 5.41) is 26.2. The van der Waals surface area contributed by atoms with Crippen molar-refractivity contribution >= 4 is 0 Å². The van der Waals surface area contributed by atoms with E-state index in [-0.39, 0.29) is 18.6 Å². The number of fused-ring (bicyclic) bond motifs is 2. The largest absolute Gasteiger partial charge is 0.497 e. The van der Waals surface area contributed by atoms with Crippen molar-refractivity contribution in [1.82, 2.24) is 5.32 Å². The van der Waals surface area contributed by atoms with E-state index in [4.69, 9.17) is 23.7 Å². The predicted molar refractivity (Wildman–Crippen MR) is 127 cm³/mol. The van der Waals surface area contributed by atoms with E-state index in [0.717, 1.165) is 12.0 Å². The van der Waals surface area contributed by atoms with Gasteiger partial charge < -0.3 is 39.2 Å². The molecule has 0 aliphatic carbocycles. The molecule has 4 rings (SSSR count). The van der Waals surface area contributed by atoms with Crippen LogP contribution in [0.15, 0.2) is 30.3 Å². The third kappa shape index (κ3) is 4.68. The molecule has 186 valence electrons. The highest BCUT2D eigenvalue weighted by atomic mass is 16.5. The van der Waals surface area contributed by atoms with E-state index in [9.17, 15) is 10.2 Å². The molecule has 8 heteroatoms. The third-order valence-electron chi connectivity index (χ3n) is 6.87. The van der Waals surface area contributed by atoms with Crippen LogP contribution in [0.25, 0.3) is 0 Å². The molecule has 0 spiro atoms. The highest BCUT2D eigenvalue weighted by Crippen LogP contribution is 2.50. The maximum Gasteiger partial charge on any atom is 0.126 e. The lowest BCUT2D eigenvalue weighted by Gasteiger charge is -2.44. The highest BCUT2D eigenvalue weighted by molar-refractivity contribution is 5.49. The van der Waals surface area contributed by atoms with Gasteiger partial charge in [-0.05, 0) is 50.2 Å². The molecule has 2 aliphatic rings. The SMILES string of the molecule is CNCc1cc2c(cc1OC)[C@H](O)[C@H]([C@H]1COc3ccc(OC)cc3[C@H]1O)[C@@H](CCCOC)O2. The molecule has 5 atom stereocenters. The van der Waals surface area contributed by atoms with E-state index in [0.29, 0.717) is 53.7 Å². The minimum absolute atomic E-state index is 0.274. The summed E-state index contributed by atoms with van der Waals surface area (Å²) in [7, 11) is 6.75. The molecule has 2 aromatic carbocycles. The Morgan fingerprint density at radius 1 is 1.00 bits per heavy atom. The number of ether oxygens (including phenoxy) is 5. The summed E-state index contributed by atoms with van der Waals surface area (Å²) in [6, 6.07) is 9.19. The standard InChI is InChI=1S/C26H35NO7/c1-27-13-15-10-23-18(12-22(15)32-4)26(29)24(21(34-23)6-5-9-30-2)19-14-33-20-8-7-16(31-3)11-17(20)25(19)28/h7-8,10-12,19,21,24-29H,5-6,9,13-14H2,1-4H3/t19-,21-,24-,25-,26+/m1/s1. The van der Waals surface area contributed by atoms with Crippen molar-refractivity contribution in [2.45, 2.75) is 37.7 Å². The monoisotopic (exact) mass is 473 g/mol. The first kappa shape index (κ1) is 24.6. The molecule has 0 saturated heterocycles. The van der Waals surface area contributed by atoms with Crippen LogP contribution in [0, 0.1) is 11.8 Å². The Balaban J connectivity index is 1.71. The van der Waals surface area contributed by atoms with E-state index in [2.05, 4.69) is 5.32 Å². The lowest BCUT2D eigenvalue weighted by molar-refractivity contribution is -0.0888. The van der Waals surface area contributed by atoms with Gasteiger partial charge in [0.05, 0.1) is 33.0 Å². The summed E-state index contributed by atoms with van der Waals surface area (Å²) in [4.78, 5) is 0. The molecule has 0 aromatic heterocycles. The van der Waals surface area contributed by atoms with Gasteiger partial charge in [-0.1, -0.05) is 0 Å². The molecule has 0 amide bonds. The molecule has 8 nitrogen and oxygen atoms in total. The van der Waals surface area contributed by atoms with Gasteiger partial charge in [-0.15, -0.1) is 0 Å². The molecular formula is C26H35NO7. The number of hydrogen-bond donors (Lipinski definition) is 3. The molecule has 2 aliphatic heterocycles. The Bertz CT molecular complexity index is 982. The second-order valence-corrected chi connectivity index (χ2v) is 8.87. The van der Waals surface area contributed by atoms with E-state index in [1.807, 2.05) is 25.2 Å². The summed E-state index contributed by atoms with van der Waals surface area (Å²) < 4.78 is 28.7. The molecule has 34 heavy (non-hydrogen) atoms. The minimum atomic E-state index is -0.857. The Hall–Kier alpha value is -2.52. The van der Waals surface area contributed by atoms with E-state index < -0.39 is 18.1 Å². The van der Waals surface area contributed by atoms with Gasteiger partial charge in [-0.3, -0.25) is 0 Å². The van der Waals surface area contributed by atoms with Crippen LogP contribution < -0.4 is 24.3 Å². The molecule has 0 bridgehead atoms. The van der Waals surface area contributed by atoms with Crippen molar-refractivity contribution in [1.29, 1.82) is 0 Å². The zero-order chi connectivity index (χ0) is 24.2. The van der Waals surface area contributed by atoms with Gasteiger partial charge in [0.2, 0.25) is 0 Å². The second-order valence-electron chi connectivity index (χ2n) is 8.87. The first-order valence-corrected chi connectivity index (χ1v) is 11.7. The van der Waals surface area contributed by atoms with E-state index >= 15 is 0 Å². The number of methoxy groups -OCH3 is 3. The lowest BCUT2D eigenvalue weighted by Crippen LogP contribution is -2.46. The third-order valence-corrected chi connectivity index (χ3v) is 6.87. The first-order chi connectivity index (χ1) is 16.5. The molecule has 0 fully saturated rings. The smallest absolute Gasteiger partial charge is 0.126 e. The van der Waals surface area contributed by atoms with Gasteiger partial charge in [0.25, 0.3) is 0 Å². The lowest BCUT2D eigenvalue weighted by atomic mass is 9.73. The van der Waals surface area contributed by atoms with Gasteiger partial charge >= 0.3 is 0 Å². The molecule has 0 radical (unpaired) electrons. The maximum atomic E-state index is 11.6. The van der Waals surface area contributed by atoms with Gasteiger partial charge in [-0.2, -0.15) is 0 Å². The minimum Gasteiger partial charge on any atom is -0.497 e. The van der Waals surface area contributed by atoms with Crippen LogP contribution in [0.1, 0.15) is 41.7 Å². The Kier molecular flexibility index (Phi) is 7.83. The molecule has 3 N–H and O–H groups in total. The van der Waals surface area contributed by atoms with Gasteiger partial charge in [0, 0.05) is 48.8 Å². The summed E-state index contributed by atoms with van der Waals surface area (Å²) in [6.07, 6.45) is -0.559. The quantitative estimate of drug-likeness (QED) is 0.478. The molecule has 2 aromatic rings. The normalized spacial score (nSPS) is 25.5. The van der Waals surface area contributed by atoms with Crippen LogP contribution in [0.4, 0.5) is 0 Å². The van der Waals surface area contributed by atoms with E-state index in [1.165, 1.54) is 0 Å². The number of benzene rings is 2. The van der Waals surface area contributed by atoms with Crippen molar-refractivity contribution in [3.63, 3.8) is 0 Å². The Labute approximate surface area is 200 Å². The second kappa shape index (κ2) is 10.8. The van der Waals surface area contributed by atoms with Crippen LogP contribution in [0.3, 0.4) is 0 Å². The van der Waals surface area contributed by atoms with Gasteiger partial charge in [-0.25, -0.2) is 0 Å². The van der Waals surface area contributed by atoms with Gasteiger partial charge in [0.15, 0.2) is 0 Å². The fourth-order valence-corrected chi connectivity index (χ4v) is 5.16. The zero-order valence-corrected chi connectivity index (χ0v) is 20.2. The van der Waals surface area contributed by atoms with Crippen LogP contribution in [-0.4, -0.2) is 57.9 Å². The van der Waals surface area contributed by atoms with E-state index in [1.54, 1.807) is 33.5 Å². The number of rotatable bonds is 9. The van der Waals surface area contributed by atoms with Crippen LogP contribution in [0.2, 0.25) is 0 Å². The fourth-order valence-electron chi connectivity index (χ4n) is 5.16. The van der Waals surface area contributed by atoms with Crippen molar-refractivity contribution < 1.29 is 33.9 Å². The number of hydrogen-bond acceptors (Lipinski definition) is 8. The number of aliphatic hydroxyl groups is 2.